The Kier molecular flexibility index (Phi) is 4.15. The van der Waals surface area contributed by atoms with Crippen LogP contribution >= 0.6 is 0 Å². The predicted molar refractivity (Wildman–Crippen MR) is 87.6 cm³/mol. The minimum absolute atomic E-state index is 0.0748. The van der Waals surface area contributed by atoms with Gasteiger partial charge in [0, 0.05) is 5.69 Å². The summed E-state index contributed by atoms with van der Waals surface area (Å²) in [5, 5.41) is 4.59. The lowest BCUT2D eigenvalue weighted by Gasteiger charge is -2.21. The standard InChI is InChI=1S/C16H13F2N3O4S/c1-16(14(22)19-15(23)20-16)9-2-5-11(6-3-9)21-26(24,25)13-8-10(17)4-7-12(13)18/h2-8,21H,1H3,(H2,19,20,22,23). The molecule has 1 atom stereocenters. The van der Waals surface area contributed by atoms with Crippen LogP contribution in [0.4, 0.5) is 19.3 Å². The van der Waals surface area contributed by atoms with Crippen LogP contribution in [0.5, 0.6) is 0 Å². The summed E-state index contributed by atoms with van der Waals surface area (Å²) in [6.07, 6.45) is 0. The fourth-order valence-electron chi connectivity index (χ4n) is 2.51. The molecule has 0 saturated carbocycles. The SMILES string of the molecule is CC1(c2ccc(NS(=O)(=O)c3cc(F)ccc3F)cc2)NC(=O)NC1=O. The summed E-state index contributed by atoms with van der Waals surface area (Å²) in [6, 6.07) is 7.02. The first-order valence-electron chi connectivity index (χ1n) is 7.34. The third-order valence-corrected chi connectivity index (χ3v) is 5.34. The normalized spacial score (nSPS) is 19.8. The Balaban J connectivity index is 1.87. The van der Waals surface area contributed by atoms with E-state index in [9.17, 15) is 26.8 Å². The highest BCUT2D eigenvalue weighted by Crippen LogP contribution is 2.26. The zero-order valence-corrected chi connectivity index (χ0v) is 14.2. The largest absolute Gasteiger partial charge is 0.322 e. The molecule has 10 heteroatoms. The molecule has 0 aliphatic carbocycles. The van der Waals surface area contributed by atoms with Crippen LogP contribution in [-0.2, 0) is 20.4 Å². The topological polar surface area (TPSA) is 104 Å². The van der Waals surface area contributed by atoms with Gasteiger partial charge in [0.2, 0.25) is 0 Å². The zero-order valence-electron chi connectivity index (χ0n) is 13.3. The van der Waals surface area contributed by atoms with Crippen LogP contribution in [0.3, 0.4) is 0 Å². The maximum Gasteiger partial charge on any atom is 0.322 e. The van der Waals surface area contributed by atoms with Crippen molar-refractivity contribution in [2.75, 3.05) is 4.72 Å². The van der Waals surface area contributed by atoms with Gasteiger partial charge in [0.05, 0.1) is 0 Å². The highest BCUT2D eigenvalue weighted by molar-refractivity contribution is 7.92. The molecular formula is C16H13F2N3O4S. The second-order valence-electron chi connectivity index (χ2n) is 5.79. The molecule has 1 fully saturated rings. The number of carbonyl (C=O) groups excluding carboxylic acids is 2. The molecule has 3 rings (SSSR count). The molecule has 7 nitrogen and oxygen atoms in total. The summed E-state index contributed by atoms with van der Waals surface area (Å²) >= 11 is 0. The molecule has 0 spiro atoms. The number of amides is 3. The van der Waals surface area contributed by atoms with Gasteiger partial charge in [-0.3, -0.25) is 14.8 Å². The van der Waals surface area contributed by atoms with E-state index < -0.39 is 44.0 Å². The Labute approximate surface area is 147 Å². The molecule has 136 valence electrons. The molecule has 2 aromatic carbocycles. The molecule has 0 bridgehead atoms. The third kappa shape index (κ3) is 3.10. The maximum absolute atomic E-state index is 13.7. The van der Waals surface area contributed by atoms with Crippen molar-refractivity contribution < 1.29 is 26.8 Å². The van der Waals surface area contributed by atoms with E-state index in [1.165, 1.54) is 31.2 Å². The molecule has 3 amide bonds. The molecule has 1 heterocycles. The molecule has 2 aromatic rings. The Morgan fingerprint density at radius 2 is 1.69 bits per heavy atom. The minimum Gasteiger partial charge on any atom is -0.320 e. The lowest BCUT2D eigenvalue weighted by molar-refractivity contribution is -0.123. The number of benzene rings is 2. The first kappa shape index (κ1) is 17.8. The van der Waals surface area contributed by atoms with Gasteiger partial charge in [-0.1, -0.05) is 12.1 Å². The van der Waals surface area contributed by atoms with Gasteiger partial charge in [-0.2, -0.15) is 0 Å². The monoisotopic (exact) mass is 381 g/mol. The van der Waals surface area contributed by atoms with Crippen molar-refractivity contribution in [1.29, 1.82) is 0 Å². The molecular weight excluding hydrogens is 368 g/mol. The van der Waals surface area contributed by atoms with Gasteiger partial charge in [-0.05, 0) is 42.8 Å². The number of rotatable bonds is 4. The average molecular weight is 381 g/mol. The Hall–Kier alpha value is -3.01. The van der Waals surface area contributed by atoms with Crippen molar-refractivity contribution >= 4 is 27.6 Å². The van der Waals surface area contributed by atoms with E-state index in [0.29, 0.717) is 11.6 Å². The van der Waals surface area contributed by atoms with Gasteiger partial charge >= 0.3 is 6.03 Å². The molecule has 1 aliphatic heterocycles. The van der Waals surface area contributed by atoms with E-state index in [4.69, 9.17) is 0 Å². The highest BCUT2D eigenvalue weighted by atomic mass is 32.2. The summed E-state index contributed by atoms with van der Waals surface area (Å²) in [7, 11) is -4.35. The van der Waals surface area contributed by atoms with Crippen molar-refractivity contribution in [3.05, 3.63) is 59.7 Å². The second-order valence-corrected chi connectivity index (χ2v) is 7.44. The van der Waals surface area contributed by atoms with Gasteiger partial charge in [0.1, 0.15) is 22.1 Å². The Morgan fingerprint density at radius 1 is 1.04 bits per heavy atom. The summed E-state index contributed by atoms with van der Waals surface area (Å²) in [5.41, 5.74) is -0.796. The highest BCUT2D eigenvalue weighted by Gasteiger charge is 2.43. The van der Waals surface area contributed by atoms with Crippen molar-refractivity contribution in [2.24, 2.45) is 0 Å². The number of nitrogens with one attached hydrogen (secondary N) is 3. The Morgan fingerprint density at radius 3 is 2.27 bits per heavy atom. The fourth-order valence-corrected chi connectivity index (χ4v) is 3.66. The van der Waals surface area contributed by atoms with E-state index in [2.05, 4.69) is 15.4 Å². The number of sulfonamides is 1. The number of hydrogen-bond acceptors (Lipinski definition) is 4. The van der Waals surface area contributed by atoms with Gasteiger partial charge in [0.25, 0.3) is 15.9 Å². The summed E-state index contributed by atoms with van der Waals surface area (Å²) < 4.78 is 53.5. The van der Waals surface area contributed by atoms with Crippen molar-refractivity contribution in [1.82, 2.24) is 10.6 Å². The van der Waals surface area contributed by atoms with Crippen molar-refractivity contribution in [3.63, 3.8) is 0 Å². The quantitative estimate of drug-likeness (QED) is 0.703. The number of halogens is 2. The van der Waals surface area contributed by atoms with E-state index >= 15 is 0 Å². The summed E-state index contributed by atoms with van der Waals surface area (Å²) in [4.78, 5) is 22.4. The van der Waals surface area contributed by atoms with Crippen LogP contribution in [0.15, 0.2) is 47.4 Å². The summed E-state index contributed by atoms with van der Waals surface area (Å²) in [6.45, 7) is 1.49. The maximum atomic E-state index is 13.7. The lowest BCUT2D eigenvalue weighted by atomic mass is 9.92. The van der Waals surface area contributed by atoms with E-state index in [-0.39, 0.29) is 5.69 Å². The van der Waals surface area contributed by atoms with Crippen LogP contribution in [0.25, 0.3) is 0 Å². The van der Waals surface area contributed by atoms with Crippen LogP contribution in [0, 0.1) is 11.6 Å². The second kappa shape index (κ2) is 6.06. The Bertz CT molecular complexity index is 1010. The fraction of sp³-hybridized carbons (Fsp3) is 0.125. The summed E-state index contributed by atoms with van der Waals surface area (Å²) in [5.74, 6) is -2.52. The number of hydrogen-bond donors (Lipinski definition) is 3. The van der Waals surface area contributed by atoms with Gasteiger partial charge in [-0.15, -0.1) is 0 Å². The molecule has 0 aromatic heterocycles. The average Bonchev–Trinajstić information content (AvgIpc) is 2.83. The smallest absolute Gasteiger partial charge is 0.320 e. The van der Waals surface area contributed by atoms with Gasteiger partial charge in [-0.25, -0.2) is 22.0 Å². The number of urea groups is 1. The van der Waals surface area contributed by atoms with Crippen LogP contribution in [0.1, 0.15) is 12.5 Å². The zero-order chi connectivity index (χ0) is 19.1. The van der Waals surface area contributed by atoms with Crippen molar-refractivity contribution in [2.45, 2.75) is 17.4 Å². The molecule has 1 saturated heterocycles. The van der Waals surface area contributed by atoms with Gasteiger partial charge < -0.3 is 5.32 Å². The first-order chi connectivity index (χ1) is 12.1. The van der Waals surface area contributed by atoms with E-state index in [1.54, 1.807) is 0 Å². The molecule has 1 aliphatic rings. The lowest BCUT2D eigenvalue weighted by Crippen LogP contribution is -2.40. The van der Waals surface area contributed by atoms with Crippen LogP contribution < -0.4 is 15.4 Å². The first-order valence-corrected chi connectivity index (χ1v) is 8.82. The number of carbonyl (C=O) groups is 2. The third-order valence-electron chi connectivity index (χ3n) is 3.94. The van der Waals surface area contributed by atoms with Gasteiger partial charge in [0.15, 0.2) is 0 Å². The number of anilines is 1. The predicted octanol–water partition coefficient (Wildman–Crippen LogP) is 1.82. The minimum atomic E-state index is -4.35. The molecule has 0 radical (unpaired) electrons. The van der Waals surface area contributed by atoms with Crippen LogP contribution in [-0.4, -0.2) is 20.4 Å². The van der Waals surface area contributed by atoms with E-state index in [0.717, 1.165) is 12.1 Å². The van der Waals surface area contributed by atoms with Crippen molar-refractivity contribution in [3.8, 4) is 0 Å². The number of imide groups is 1. The molecule has 3 N–H and O–H groups in total. The van der Waals surface area contributed by atoms with E-state index in [1.807, 2.05) is 0 Å². The van der Waals surface area contributed by atoms with Crippen LogP contribution in [0.2, 0.25) is 0 Å². The molecule has 1 unspecified atom stereocenters. The molecule has 26 heavy (non-hydrogen) atoms.